The van der Waals surface area contributed by atoms with Gasteiger partial charge in [-0.05, 0) is 67.4 Å². The Hall–Kier alpha value is -2.63. The molecule has 3 aromatic rings. The van der Waals surface area contributed by atoms with Crippen molar-refractivity contribution in [3.8, 4) is 5.75 Å². The van der Waals surface area contributed by atoms with Crippen LogP contribution in [0.5, 0.6) is 5.75 Å². The molecule has 0 spiro atoms. The lowest BCUT2D eigenvalue weighted by Crippen LogP contribution is -2.38. The molecule has 1 aliphatic rings. The number of hydrogen-bond donors (Lipinski definition) is 0. The first kappa shape index (κ1) is 20.6. The first-order valence-electron chi connectivity index (χ1n) is 10.3. The van der Waals surface area contributed by atoms with E-state index < -0.39 is 0 Å². The van der Waals surface area contributed by atoms with E-state index in [9.17, 15) is 4.79 Å². The Morgan fingerprint density at radius 1 is 1.20 bits per heavy atom. The van der Waals surface area contributed by atoms with Crippen molar-refractivity contribution in [2.75, 3.05) is 20.2 Å². The maximum absolute atomic E-state index is 12.9. The van der Waals surface area contributed by atoms with Gasteiger partial charge in [0.1, 0.15) is 5.75 Å². The highest BCUT2D eigenvalue weighted by Crippen LogP contribution is 2.25. The number of nitrogens with zero attached hydrogens (tertiary/aromatic N) is 3. The average molecular weight is 424 g/mol. The van der Waals surface area contributed by atoms with E-state index in [4.69, 9.17) is 16.3 Å². The molecule has 4 rings (SSSR count). The van der Waals surface area contributed by atoms with Gasteiger partial charge in [-0.25, -0.2) is 0 Å². The minimum absolute atomic E-state index is 0.0294. The van der Waals surface area contributed by atoms with Crippen molar-refractivity contribution < 1.29 is 9.53 Å². The number of halogens is 1. The van der Waals surface area contributed by atoms with Gasteiger partial charge in [0.05, 0.1) is 13.7 Å². The van der Waals surface area contributed by atoms with Crippen molar-refractivity contribution in [1.29, 1.82) is 0 Å². The Morgan fingerprint density at radius 3 is 2.77 bits per heavy atom. The normalized spacial score (nSPS) is 17.1. The first-order valence-corrected chi connectivity index (χ1v) is 10.7. The van der Waals surface area contributed by atoms with E-state index in [1.165, 1.54) is 5.56 Å². The van der Waals surface area contributed by atoms with E-state index in [-0.39, 0.29) is 11.7 Å². The smallest absolute Gasteiger partial charge is 0.167 e. The highest BCUT2D eigenvalue weighted by molar-refractivity contribution is 6.30. The molecule has 2 aromatic carbocycles. The van der Waals surface area contributed by atoms with Gasteiger partial charge in [0.15, 0.2) is 5.78 Å². The lowest BCUT2D eigenvalue weighted by molar-refractivity contribution is 0.0811. The standard InChI is InChI=1S/C24H26ClN3O2/c1-30-23-10-5-18(14-21(23)17-28-13-3-11-26-28)15-27-12-2-4-20(16-27)24(29)19-6-8-22(25)9-7-19/h3,5-11,13-14,20H,2,4,12,15-17H2,1H3/t20-/m0/s1. The molecule has 0 saturated carbocycles. The fraction of sp³-hybridized carbons (Fsp3) is 0.333. The molecule has 0 aliphatic carbocycles. The molecule has 2 heterocycles. The second-order valence-corrected chi connectivity index (χ2v) is 8.23. The Balaban J connectivity index is 1.44. The molecule has 1 atom stereocenters. The fourth-order valence-corrected chi connectivity index (χ4v) is 4.27. The molecule has 6 heteroatoms. The molecule has 0 unspecified atom stereocenters. The summed E-state index contributed by atoms with van der Waals surface area (Å²) < 4.78 is 7.43. The SMILES string of the molecule is COc1ccc(CN2CCC[C@H](C(=O)c3ccc(Cl)cc3)C2)cc1Cn1cccn1. The number of likely N-dealkylation sites (tertiary alicyclic amines) is 1. The van der Waals surface area contributed by atoms with E-state index in [0.29, 0.717) is 11.6 Å². The van der Waals surface area contributed by atoms with Crippen molar-refractivity contribution >= 4 is 17.4 Å². The number of ketones is 1. The van der Waals surface area contributed by atoms with Crippen LogP contribution in [0.4, 0.5) is 0 Å². The van der Waals surface area contributed by atoms with Crippen LogP contribution in [0.3, 0.4) is 0 Å². The van der Waals surface area contributed by atoms with Gasteiger partial charge >= 0.3 is 0 Å². The third-order valence-corrected chi connectivity index (χ3v) is 5.90. The van der Waals surface area contributed by atoms with E-state index in [1.54, 1.807) is 25.4 Å². The summed E-state index contributed by atoms with van der Waals surface area (Å²) in [7, 11) is 1.69. The van der Waals surface area contributed by atoms with Crippen LogP contribution in [0.25, 0.3) is 0 Å². The van der Waals surface area contributed by atoms with Crippen LogP contribution < -0.4 is 4.74 Å². The molecule has 5 nitrogen and oxygen atoms in total. The van der Waals surface area contributed by atoms with Crippen LogP contribution in [-0.4, -0.2) is 40.7 Å². The third-order valence-electron chi connectivity index (χ3n) is 5.65. The van der Waals surface area contributed by atoms with E-state index in [1.807, 2.05) is 35.1 Å². The third kappa shape index (κ3) is 4.91. The van der Waals surface area contributed by atoms with Gasteiger partial charge in [-0.3, -0.25) is 14.4 Å². The summed E-state index contributed by atoms with van der Waals surface area (Å²) in [4.78, 5) is 15.3. The highest BCUT2D eigenvalue weighted by Gasteiger charge is 2.26. The topological polar surface area (TPSA) is 47.4 Å². The Labute approximate surface area is 182 Å². The quantitative estimate of drug-likeness (QED) is 0.517. The molecule has 0 amide bonds. The van der Waals surface area contributed by atoms with Crippen LogP contribution in [0.1, 0.15) is 34.3 Å². The van der Waals surface area contributed by atoms with Gasteiger partial charge in [-0.15, -0.1) is 0 Å². The molecule has 0 N–H and O–H groups in total. The first-order chi connectivity index (χ1) is 14.6. The lowest BCUT2D eigenvalue weighted by Gasteiger charge is -2.32. The summed E-state index contributed by atoms with van der Waals surface area (Å²) >= 11 is 5.96. The fourth-order valence-electron chi connectivity index (χ4n) is 4.14. The summed E-state index contributed by atoms with van der Waals surface area (Å²) in [6.07, 6.45) is 5.69. The van der Waals surface area contributed by atoms with Gasteiger partial charge in [0.2, 0.25) is 0 Å². The molecule has 0 radical (unpaired) electrons. The number of rotatable bonds is 7. The number of Topliss-reactive ketones (excluding diaryl/α,β-unsaturated/α-hetero) is 1. The van der Waals surface area contributed by atoms with Crippen LogP contribution >= 0.6 is 11.6 Å². The maximum atomic E-state index is 12.9. The molecule has 156 valence electrons. The summed E-state index contributed by atoms with van der Waals surface area (Å²) in [5.74, 6) is 1.11. The van der Waals surface area contributed by atoms with Gasteiger partial charge in [-0.2, -0.15) is 5.10 Å². The summed E-state index contributed by atoms with van der Waals surface area (Å²) in [5, 5.41) is 4.96. The molecule has 1 fully saturated rings. The Morgan fingerprint density at radius 2 is 2.03 bits per heavy atom. The second-order valence-electron chi connectivity index (χ2n) is 7.80. The van der Waals surface area contributed by atoms with Crippen LogP contribution in [-0.2, 0) is 13.1 Å². The van der Waals surface area contributed by atoms with Crippen LogP contribution in [0.15, 0.2) is 60.9 Å². The second kappa shape index (κ2) is 9.45. The zero-order valence-corrected chi connectivity index (χ0v) is 17.9. The average Bonchev–Trinajstić information content (AvgIpc) is 3.27. The van der Waals surface area contributed by atoms with E-state index in [2.05, 4.69) is 22.1 Å². The Kier molecular flexibility index (Phi) is 6.50. The van der Waals surface area contributed by atoms with Crippen molar-refractivity contribution in [1.82, 2.24) is 14.7 Å². The Bertz CT molecular complexity index is 986. The number of ether oxygens (including phenoxy) is 1. The summed E-state index contributed by atoms with van der Waals surface area (Å²) in [6.45, 7) is 3.27. The van der Waals surface area contributed by atoms with Gasteiger partial charge in [-0.1, -0.05) is 17.7 Å². The molecule has 1 aromatic heterocycles. The molecule has 1 saturated heterocycles. The minimum Gasteiger partial charge on any atom is -0.496 e. The maximum Gasteiger partial charge on any atom is 0.167 e. The molecular formula is C24H26ClN3O2. The molecule has 1 aliphatic heterocycles. The van der Waals surface area contributed by atoms with Crippen LogP contribution in [0, 0.1) is 5.92 Å². The van der Waals surface area contributed by atoms with Gasteiger partial charge in [0.25, 0.3) is 0 Å². The predicted molar refractivity (Wildman–Crippen MR) is 118 cm³/mol. The number of methoxy groups -OCH3 is 1. The number of aromatic nitrogens is 2. The van der Waals surface area contributed by atoms with Crippen molar-refractivity contribution in [2.45, 2.75) is 25.9 Å². The number of carbonyl (C=O) groups excluding carboxylic acids is 1. The van der Waals surface area contributed by atoms with E-state index >= 15 is 0 Å². The molecule has 30 heavy (non-hydrogen) atoms. The van der Waals surface area contributed by atoms with Crippen LogP contribution in [0.2, 0.25) is 5.02 Å². The largest absolute Gasteiger partial charge is 0.496 e. The number of hydrogen-bond acceptors (Lipinski definition) is 4. The monoisotopic (exact) mass is 423 g/mol. The highest BCUT2D eigenvalue weighted by atomic mass is 35.5. The summed E-state index contributed by atoms with van der Waals surface area (Å²) in [6, 6.07) is 15.5. The van der Waals surface area contributed by atoms with Crippen molar-refractivity contribution in [2.24, 2.45) is 5.92 Å². The number of benzene rings is 2. The number of carbonyl (C=O) groups is 1. The van der Waals surface area contributed by atoms with Crippen molar-refractivity contribution in [3.05, 3.63) is 82.6 Å². The minimum atomic E-state index is 0.0294. The van der Waals surface area contributed by atoms with Gasteiger partial charge in [0, 0.05) is 47.6 Å². The zero-order chi connectivity index (χ0) is 20.9. The summed E-state index contributed by atoms with van der Waals surface area (Å²) in [5.41, 5.74) is 3.07. The van der Waals surface area contributed by atoms with E-state index in [0.717, 1.165) is 49.4 Å². The molecular weight excluding hydrogens is 398 g/mol. The lowest BCUT2D eigenvalue weighted by atomic mass is 9.90. The zero-order valence-electron chi connectivity index (χ0n) is 17.1. The number of piperidine rings is 1. The van der Waals surface area contributed by atoms with Gasteiger partial charge < -0.3 is 4.74 Å². The molecule has 0 bridgehead atoms. The predicted octanol–water partition coefficient (Wildman–Crippen LogP) is 4.69. The van der Waals surface area contributed by atoms with Crippen molar-refractivity contribution in [3.63, 3.8) is 0 Å².